The van der Waals surface area contributed by atoms with Crippen molar-refractivity contribution >= 4 is 17.9 Å². The summed E-state index contributed by atoms with van der Waals surface area (Å²) in [4.78, 5) is 30.2. The summed E-state index contributed by atoms with van der Waals surface area (Å²) >= 11 is 0. The largest absolute Gasteiger partial charge is 0.481 e. The molecule has 2 heterocycles. The van der Waals surface area contributed by atoms with Gasteiger partial charge in [-0.2, -0.15) is 0 Å². The van der Waals surface area contributed by atoms with E-state index in [0.29, 0.717) is 12.4 Å². The first-order chi connectivity index (χ1) is 12.6. The van der Waals surface area contributed by atoms with Crippen LogP contribution in [0.15, 0.2) is 48.8 Å². The standard InChI is InChI=1S/C20H21N3O3/c1-14(24)23-10-9-16-5-3-4-6-17(16)18(23)11-19(25)21-12-15-7-8-20(26-2)22-13-15/h3-10,13,18H,11-12H2,1-2H3,(H,21,25). The maximum Gasteiger partial charge on any atom is 0.223 e. The Hall–Kier alpha value is -3.15. The normalized spacial score (nSPS) is 15.3. The Morgan fingerprint density at radius 3 is 2.73 bits per heavy atom. The fourth-order valence-electron chi connectivity index (χ4n) is 3.00. The number of amides is 2. The van der Waals surface area contributed by atoms with E-state index in [1.54, 1.807) is 30.5 Å². The van der Waals surface area contributed by atoms with Gasteiger partial charge in [-0.1, -0.05) is 30.3 Å². The summed E-state index contributed by atoms with van der Waals surface area (Å²) in [6, 6.07) is 11.1. The SMILES string of the molecule is COc1ccc(CNC(=O)CC2c3ccccc3C=CN2C(C)=O)cn1. The second-order valence-electron chi connectivity index (χ2n) is 6.08. The molecule has 0 saturated carbocycles. The van der Waals surface area contributed by atoms with Gasteiger partial charge in [-0.25, -0.2) is 4.98 Å². The number of hydrogen-bond donors (Lipinski definition) is 1. The van der Waals surface area contributed by atoms with Gasteiger partial charge in [-0.05, 0) is 22.8 Å². The Bertz CT molecular complexity index is 830. The van der Waals surface area contributed by atoms with Crippen LogP contribution >= 0.6 is 0 Å². The van der Waals surface area contributed by atoms with Gasteiger partial charge in [-0.3, -0.25) is 9.59 Å². The molecule has 3 rings (SSSR count). The molecule has 1 atom stereocenters. The Balaban J connectivity index is 1.68. The van der Waals surface area contributed by atoms with Gasteiger partial charge in [0.2, 0.25) is 17.7 Å². The van der Waals surface area contributed by atoms with Crippen molar-refractivity contribution in [3.8, 4) is 5.88 Å². The molecule has 26 heavy (non-hydrogen) atoms. The monoisotopic (exact) mass is 351 g/mol. The van der Waals surface area contributed by atoms with Crippen LogP contribution in [0.1, 0.15) is 36.1 Å². The number of benzene rings is 1. The molecule has 0 aliphatic carbocycles. The summed E-state index contributed by atoms with van der Waals surface area (Å²) in [7, 11) is 1.56. The smallest absolute Gasteiger partial charge is 0.223 e. The third-order valence-electron chi connectivity index (χ3n) is 4.34. The summed E-state index contributed by atoms with van der Waals surface area (Å²) in [6.07, 6.45) is 5.51. The van der Waals surface area contributed by atoms with E-state index in [9.17, 15) is 9.59 Å². The lowest BCUT2D eigenvalue weighted by Crippen LogP contribution is -2.35. The van der Waals surface area contributed by atoms with Gasteiger partial charge >= 0.3 is 0 Å². The predicted octanol–water partition coefficient (Wildman–Crippen LogP) is 2.67. The Morgan fingerprint density at radius 2 is 2.04 bits per heavy atom. The summed E-state index contributed by atoms with van der Waals surface area (Å²) in [5.41, 5.74) is 2.89. The van der Waals surface area contributed by atoms with Crippen LogP contribution < -0.4 is 10.1 Å². The molecule has 1 unspecified atom stereocenters. The molecular formula is C20H21N3O3. The van der Waals surface area contributed by atoms with E-state index in [1.165, 1.54) is 6.92 Å². The molecule has 0 spiro atoms. The number of hydrogen-bond acceptors (Lipinski definition) is 4. The number of nitrogens with zero attached hydrogens (tertiary/aromatic N) is 2. The average Bonchev–Trinajstić information content (AvgIpc) is 2.66. The molecular weight excluding hydrogens is 330 g/mol. The molecule has 1 aromatic heterocycles. The molecule has 0 radical (unpaired) electrons. The van der Waals surface area contributed by atoms with Gasteiger partial charge in [0.05, 0.1) is 19.6 Å². The minimum atomic E-state index is -0.303. The van der Waals surface area contributed by atoms with Gasteiger partial charge in [0.15, 0.2) is 0 Å². The van der Waals surface area contributed by atoms with E-state index >= 15 is 0 Å². The third-order valence-corrected chi connectivity index (χ3v) is 4.34. The molecule has 1 N–H and O–H groups in total. The number of fused-ring (bicyclic) bond motifs is 1. The maximum atomic E-state index is 12.5. The van der Waals surface area contributed by atoms with Crippen LogP contribution in [0.4, 0.5) is 0 Å². The fraction of sp³-hybridized carbons (Fsp3) is 0.250. The lowest BCUT2D eigenvalue weighted by Gasteiger charge is -2.32. The van der Waals surface area contributed by atoms with E-state index < -0.39 is 0 Å². The predicted molar refractivity (Wildman–Crippen MR) is 98.0 cm³/mol. The number of aromatic nitrogens is 1. The molecule has 6 nitrogen and oxygen atoms in total. The second kappa shape index (κ2) is 7.82. The van der Waals surface area contributed by atoms with Gasteiger partial charge in [0, 0.05) is 31.9 Å². The van der Waals surface area contributed by atoms with Crippen molar-refractivity contribution in [2.24, 2.45) is 0 Å². The molecule has 0 bridgehead atoms. The molecule has 134 valence electrons. The van der Waals surface area contributed by atoms with E-state index in [4.69, 9.17) is 4.74 Å². The zero-order valence-electron chi connectivity index (χ0n) is 14.8. The minimum Gasteiger partial charge on any atom is -0.481 e. The number of rotatable bonds is 5. The van der Waals surface area contributed by atoms with Crippen molar-refractivity contribution in [3.05, 3.63) is 65.5 Å². The summed E-state index contributed by atoms with van der Waals surface area (Å²) in [5.74, 6) is 0.317. The van der Waals surface area contributed by atoms with Crippen LogP contribution in [0.2, 0.25) is 0 Å². The molecule has 0 saturated heterocycles. The minimum absolute atomic E-state index is 0.0899. The lowest BCUT2D eigenvalue weighted by atomic mass is 9.93. The van der Waals surface area contributed by atoms with Crippen LogP contribution in [0, 0.1) is 0 Å². The van der Waals surface area contributed by atoms with Gasteiger partial charge in [0.25, 0.3) is 0 Å². The van der Waals surface area contributed by atoms with Gasteiger partial charge in [-0.15, -0.1) is 0 Å². The van der Waals surface area contributed by atoms with E-state index in [1.807, 2.05) is 36.4 Å². The Morgan fingerprint density at radius 1 is 1.23 bits per heavy atom. The number of carbonyl (C=O) groups excluding carboxylic acids is 2. The molecule has 2 amide bonds. The quantitative estimate of drug-likeness (QED) is 0.899. The van der Waals surface area contributed by atoms with Gasteiger partial charge in [0.1, 0.15) is 0 Å². The van der Waals surface area contributed by atoms with Crippen molar-refractivity contribution in [1.29, 1.82) is 0 Å². The van der Waals surface area contributed by atoms with E-state index in [0.717, 1.165) is 16.7 Å². The van der Waals surface area contributed by atoms with Crippen molar-refractivity contribution in [3.63, 3.8) is 0 Å². The fourth-order valence-corrected chi connectivity index (χ4v) is 3.00. The zero-order chi connectivity index (χ0) is 18.5. The number of nitrogens with one attached hydrogen (secondary N) is 1. The Labute approximate surface area is 152 Å². The van der Waals surface area contributed by atoms with Crippen LogP contribution in [0.3, 0.4) is 0 Å². The summed E-state index contributed by atoms with van der Waals surface area (Å²) < 4.78 is 5.02. The summed E-state index contributed by atoms with van der Waals surface area (Å²) in [5, 5.41) is 2.89. The van der Waals surface area contributed by atoms with Crippen molar-refractivity contribution in [1.82, 2.24) is 15.2 Å². The number of pyridine rings is 1. The number of ether oxygens (including phenoxy) is 1. The summed E-state index contributed by atoms with van der Waals surface area (Å²) in [6.45, 7) is 1.88. The highest BCUT2D eigenvalue weighted by Gasteiger charge is 2.27. The van der Waals surface area contributed by atoms with Crippen molar-refractivity contribution < 1.29 is 14.3 Å². The first-order valence-corrected chi connectivity index (χ1v) is 8.40. The molecule has 1 aliphatic rings. The van der Waals surface area contributed by atoms with Gasteiger partial charge < -0.3 is 15.0 Å². The first-order valence-electron chi connectivity index (χ1n) is 8.40. The topological polar surface area (TPSA) is 71.5 Å². The zero-order valence-corrected chi connectivity index (χ0v) is 14.8. The Kier molecular flexibility index (Phi) is 5.31. The van der Waals surface area contributed by atoms with E-state index in [2.05, 4.69) is 10.3 Å². The average molecular weight is 351 g/mol. The molecule has 6 heteroatoms. The molecule has 1 aliphatic heterocycles. The van der Waals surface area contributed by atoms with Crippen LogP contribution in [-0.2, 0) is 16.1 Å². The van der Waals surface area contributed by atoms with Crippen molar-refractivity contribution in [2.75, 3.05) is 7.11 Å². The maximum absolute atomic E-state index is 12.5. The van der Waals surface area contributed by atoms with E-state index in [-0.39, 0.29) is 24.3 Å². The molecule has 2 aromatic rings. The highest BCUT2D eigenvalue weighted by Crippen LogP contribution is 2.32. The molecule has 1 aromatic carbocycles. The highest BCUT2D eigenvalue weighted by molar-refractivity contribution is 5.81. The van der Waals surface area contributed by atoms with Crippen LogP contribution in [0.5, 0.6) is 5.88 Å². The third kappa shape index (κ3) is 3.91. The second-order valence-corrected chi connectivity index (χ2v) is 6.08. The van der Waals surface area contributed by atoms with Crippen molar-refractivity contribution in [2.45, 2.75) is 25.9 Å². The number of methoxy groups -OCH3 is 1. The highest BCUT2D eigenvalue weighted by atomic mass is 16.5. The molecule has 0 fully saturated rings. The number of carbonyl (C=O) groups is 2. The van der Waals surface area contributed by atoms with Crippen LogP contribution in [-0.4, -0.2) is 28.8 Å². The lowest BCUT2D eigenvalue weighted by molar-refractivity contribution is -0.130. The van der Waals surface area contributed by atoms with Crippen LogP contribution in [0.25, 0.3) is 6.08 Å². The first kappa shape index (κ1) is 17.7.